The Labute approximate surface area is 161 Å². The van der Waals surface area contributed by atoms with E-state index in [9.17, 15) is 5.11 Å². The Hall–Kier alpha value is -1.85. The van der Waals surface area contributed by atoms with Crippen molar-refractivity contribution in [2.75, 3.05) is 13.2 Å². The molecule has 2 heterocycles. The summed E-state index contributed by atoms with van der Waals surface area (Å²) in [5.74, 6) is 0.922. The SMILES string of the molecule is CC(C)(C)c1cc(-c2coc(C3(N)CCOCC3)n2)cc(C(C)(C)C)c1O. The third-order valence-electron chi connectivity index (χ3n) is 5.34. The van der Waals surface area contributed by atoms with E-state index < -0.39 is 5.54 Å². The first-order valence-corrected chi connectivity index (χ1v) is 9.63. The molecule has 1 aromatic carbocycles. The lowest BCUT2D eigenvalue weighted by atomic mass is 9.78. The number of hydrogen-bond acceptors (Lipinski definition) is 5. The van der Waals surface area contributed by atoms with Crippen LogP contribution in [0.2, 0.25) is 0 Å². The number of nitrogens with zero attached hydrogens (tertiary/aromatic N) is 1. The first-order valence-electron chi connectivity index (χ1n) is 9.63. The molecule has 27 heavy (non-hydrogen) atoms. The van der Waals surface area contributed by atoms with Crippen LogP contribution < -0.4 is 5.73 Å². The summed E-state index contributed by atoms with van der Waals surface area (Å²) in [5.41, 5.74) is 9.05. The zero-order chi connectivity index (χ0) is 20.0. The fraction of sp³-hybridized carbons (Fsp3) is 0.591. The van der Waals surface area contributed by atoms with Crippen LogP contribution in [-0.2, 0) is 21.1 Å². The lowest BCUT2D eigenvalue weighted by Gasteiger charge is -2.30. The van der Waals surface area contributed by atoms with Gasteiger partial charge in [0.25, 0.3) is 0 Å². The fourth-order valence-electron chi connectivity index (χ4n) is 3.51. The van der Waals surface area contributed by atoms with Gasteiger partial charge in [-0.05, 0) is 35.8 Å². The van der Waals surface area contributed by atoms with Crippen LogP contribution in [0.25, 0.3) is 11.3 Å². The number of phenols is 1. The second-order valence-electron chi connectivity index (χ2n) is 9.73. The molecule has 5 heteroatoms. The highest BCUT2D eigenvalue weighted by Crippen LogP contribution is 2.42. The predicted molar refractivity (Wildman–Crippen MR) is 107 cm³/mol. The van der Waals surface area contributed by atoms with E-state index in [1.54, 1.807) is 6.26 Å². The predicted octanol–water partition coefficient (Wildman–Crippen LogP) is 4.61. The Morgan fingerprint density at radius 3 is 2.00 bits per heavy atom. The van der Waals surface area contributed by atoms with Crippen LogP contribution in [0.4, 0.5) is 0 Å². The second kappa shape index (κ2) is 6.64. The van der Waals surface area contributed by atoms with Gasteiger partial charge in [-0.3, -0.25) is 0 Å². The molecular formula is C22H32N2O3. The highest BCUT2D eigenvalue weighted by molar-refractivity contribution is 5.65. The largest absolute Gasteiger partial charge is 0.507 e. The van der Waals surface area contributed by atoms with E-state index in [0.717, 1.165) is 22.4 Å². The van der Waals surface area contributed by atoms with Crippen molar-refractivity contribution in [1.29, 1.82) is 0 Å². The summed E-state index contributed by atoms with van der Waals surface area (Å²) >= 11 is 0. The maximum atomic E-state index is 10.9. The molecule has 1 saturated heterocycles. The number of rotatable bonds is 2. The molecule has 0 unspecified atom stereocenters. The minimum atomic E-state index is -0.576. The standard InChI is InChI=1S/C22H32N2O3/c1-20(2,3)15-11-14(12-16(18(15)25)21(4,5)6)17-13-27-19(24-17)22(23)7-9-26-10-8-22/h11-13,25H,7-10,23H2,1-6H3. The Morgan fingerprint density at radius 1 is 1.00 bits per heavy atom. The quantitative estimate of drug-likeness (QED) is 0.805. The van der Waals surface area contributed by atoms with E-state index >= 15 is 0 Å². The maximum Gasteiger partial charge on any atom is 0.214 e. The summed E-state index contributed by atoms with van der Waals surface area (Å²) in [6, 6.07) is 4.03. The Morgan fingerprint density at radius 2 is 1.52 bits per heavy atom. The first kappa shape index (κ1) is 19.9. The molecule has 0 aliphatic carbocycles. The first-order chi connectivity index (χ1) is 12.4. The summed E-state index contributed by atoms with van der Waals surface area (Å²) in [4.78, 5) is 4.72. The van der Waals surface area contributed by atoms with Crippen molar-refractivity contribution in [2.24, 2.45) is 5.73 Å². The molecule has 3 N–H and O–H groups in total. The van der Waals surface area contributed by atoms with Crippen molar-refractivity contribution in [2.45, 2.75) is 70.8 Å². The fourth-order valence-corrected chi connectivity index (χ4v) is 3.51. The third kappa shape index (κ3) is 3.90. The lowest BCUT2D eigenvalue weighted by Crippen LogP contribution is -2.42. The molecule has 1 aliphatic heterocycles. The zero-order valence-electron chi connectivity index (χ0n) is 17.3. The highest BCUT2D eigenvalue weighted by atomic mass is 16.5. The van der Waals surface area contributed by atoms with Crippen LogP contribution in [0.3, 0.4) is 0 Å². The van der Waals surface area contributed by atoms with E-state index in [2.05, 4.69) is 41.5 Å². The zero-order valence-corrected chi connectivity index (χ0v) is 17.3. The number of hydrogen-bond donors (Lipinski definition) is 2. The average molecular weight is 373 g/mol. The second-order valence-corrected chi connectivity index (χ2v) is 9.73. The minimum absolute atomic E-state index is 0.192. The van der Waals surface area contributed by atoms with E-state index in [1.165, 1.54) is 0 Å². The molecule has 0 amide bonds. The molecule has 1 aliphatic rings. The van der Waals surface area contributed by atoms with Gasteiger partial charge >= 0.3 is 0 Å². The van der Waals surface area contributed by atoms with Crippen molar-refractivity contribution in [1.82, 2.24) is 4.98 Å². The van der Waals surface area contributed by atoms with Crippen LogP contribution in [0, 0.1) is 0 Å². The molecular weight excluding hydrogens is 340 g/mol. The topological polar surface area (TPSA) is 81.5 Å². The molecule has 1 fully saturated rings. The van der Waals surface area contributed by atoms with E-state index in [1.807, 2.05) is 12.1 Å². The Balaban J connectivity index is 2.09. The van der Waals surface area contributed by atoms with Crippen molar-refractivity contribution in [3.05, 3.63) is 35.4 Å². The smallest absolute Gasteiger partial charge is 0.214 e. The van der Waals surface area contributed by atoms with Gasteiger partial charge in [-0.15, -0.1) is 0 Å². The van der Waals surface area contributed by atoms with Crippen LogP contribution in [0.5, 0.6) is 5.75 Å². The molecule has 0 spiro atoms. The van der Waals surface area contributed by atoms with Crippen LogP contribution in [0.1, 0.15) is 71.4 Å². The molecule has 148 valence electrons. The normalized spacial score (nSPS) is 17.9. The summed E-state index contributed by atoms with van der Waals surface area (Å²) in [7, 11) is 0. The summed E-state index contributed by atoms with van der Waals surface area (Å²) < 4.78 is 11.2. The van der Waals surface area contributed by atoms with E-state index in [4.69, 9.17) is 19.9 Å². The Kier molecular flexibility index (Phi) is 4.89. The van der Waals surface area contributed by atoms with Gasteiger partial charge in [0.15, 0.2) is 0 Å². The van der Waals surface area contributed by atoms with Crippen molar-refractivity contribution >= 4 is 0 Å². The molecule has 0 bridgehead atoms. The molecule has 0 saturated carbocycles. The van der Waals surface area contributed by atoms with Gasteiger partial charge in [-0.2, -0.15) is 0 Å². The number of phenolic OH excluding ortho intramolecular Hbond substituents is 1. The summed E-state index contributed by atoms with van der Waals surface area (Å²) in [6.45, 7) is 13.8. The van der Waals surface area contributed by atoms with Gasteiger partial charge in [0.05, 0.1) is 5.54 Å². The molecule has 1 aromatic heterocycles. The molecule has 3 rings (SSSR count). The number of aromatic hydroxyl groups is 1. The maximum absolute atomic E-state index is 10.9. The Bertz CT molecular complexity index is 784. The van der Waals surface area contributed by atoms with Gasteiger partial charge in [-0.1, -0.05) is 41.5 Å². The number of oxazole rings is 1. The molecule has 0 radical (unpaired) electrons. The summed E-state index contributed by atoms with van der Waals surface area (Å²) in [5, 5.41) is 10.9. The van der Waals surface area contributed by atoms with Crippen LogP contribution >= 0.6 is 0 Å². The molecule has 0 atom stereocenters. The highest BCUT2D eigenvalue weighted by Gasteiger charge is 2.35. The van der Waals surface area contributed by atoms with Crippen molar-refractivity contribution < 1.29 is 14.3 Å². The van der Waals surface area contributed by atoms with E-state index in [-0.39, 0.29) is 10.8 Å². The van der Waals surface area contributed by atoms with Gasteiger partial charge < -0.3 is 20.0 Å². The molecule has 5 nitrogen and oxygen atoms in total. The third-order valence-corrected chi connectivity index (χ3v) is 5.34. The van der Waals surface area contributed by atoms with Gasteiger partial charge in [-0.25, -0.2) is 4.98 Å². The van der Waals surface area contributed by atoms with Crippen LogP contribution in [0.15, 0.2) is 22.8 Å². The lowest BCUT2D eigenvalue weighted by molar-refractivity contribution is 0.0423. The average Bonchev–Trinajstić information content (AvgIpc) is 3.04. The summed E-state index contributed by atoms with van der Waals surface area (Å²) in [6.07, 6.45) is 3.07. The molecule has 2 aromatic rings. The van der Waals surface area contributed by atoms with Gasteiger partial charge in [0.1, 0.15) is 17.7 Å². The van der Waals surface area contributed by atoms with E-state index in [0.29, 0.717) is 37.7 Å². The van der Waals surface area contributed by atoms with Crippen molar-refractivity contribution in [3.63, 3.8) is 0 Å². The van der Waals surface area contributed by atoms with Crippen LogP contribution in [-0.4, -0.2) is 23.3 Å². The van der Waals surface area contributed by atoms with Gasteiger partial charge in [0, 0.05) is 29.9 Å². The number of aromatic nitrogens is 1. The minimum Gasteiger partial charge on any atom is -0.507 e. The van der Waals surface area contributed by atoms with Gasteiger partial charge in [0.2, 0.25) is 5.89 Å². The number of benzene rings is 1. The monoisotopic (exact) mass is 372 g/mol. The number of ether oxygens (including phenoxy) is 1. The number of nitrogens with two attached hydrogens (primary N) is 1. The van der Waals surface area contributed by atoms with Crippen molar-refractivity contribution in [3.8, 4) is 17.0 Å².